The highest BCUT2D eigenvalue weighted by atomic mass is 35.5. The van der Waals surface area contributed by atoms with E-state index in [9.17, 15) is 0 Å². The quantitative estimate of drug-likeness (QED) is 0.636. The van der Waals surface area contributed by atoms with Gasteiger partial charge in [-0.3, -0.25) is 0 Å². The van der Waals surface area contributed by atoms with Crippen LogP contribution in [0.2, 0.25) is 5.02 Å². The second kappa shape index (κ2) is 7.04. The Hall–Kier alpha value is -1.70. The minimum absolute atomic E-state index is 0.602. The van der Waals surface area contributed by atoms with Crippen molar-refractivity contribution >= 4 is 46.3 Å². The molecule has 0 unspecified atom stereocenters. The molecule has 114 valence electrons. The molecule has 0 aliphatic heterocycles. The van der Waals surface area contributed by atoms with Crippen LogP contribution in [0.5, 0.6) is 5.75 Å². The van der Waals surface area contributed by atoms with Crippen molar-refractivity contribution in [3.63, 3.8) is 0 Å². The molecule has 0 atom stereocenters. The number of anilines is 2. The molecule has 0 amide bonds. The maximum absolute atomic E-state index is 6.07. The molecule has 0 spiro atoms. The van der Waals surface area contributed by atoms with Gasteiger partial charge in [-0.05, 0) is 35.7 Å². The van der Waals surface area contributed by atoms with Crippen molar-refractivity contribution < 1.29 is 4.74 Å². The number of halogens is 1. The first-order chi connectivity index (χ1) is 10.7. The van der Waals surface area contributed by atoms with E-state index in [1.54, 1.807) is 30.2 Å². The lowest BCUT2D eigenvalue weighted by Gasteiger charge is -2.03. The Labute approximate surface area is 141 Å². The molecule has 0 fully saturated rings. The third kappa shape index (κ3) is 3.73. The van der Waals surface area contributed by atoms with E-state index in [2.05, 4.69) is 20.5 Å². The maximum atomic E-state index is 6.07. The van der Waals surface area contributed by atoms with E-state index in [0.717, 1.165) is 27.1 Å². The Morgan fingerprint density at radius 2 is 2.14 bits per heavy atom. The first-order valence-corrected chi connectivity index (χ1v) is 8.67. The summed E-state index contributed by atoms with van der Waals surface area (Å²) in [6.45, 7) is 0. The van der Waals surface area contributed by atoms with Crippen molar-refractivity contribution in [3.05, 3.63) is 45.6 Å². The van der Waals surface area contributed by atoms with E-state index in [4.69, 9.17) is 16.3 Å². The molecule has 0 saturated heterocycles. The van der Waals surface area contributed by atoms with Gasteiger partial charge in [-0.25, -0.2) is 5.10 Å². The maximum Gasteiger partial charge on any atom is 0.223 e. The normalized spacial score (nSPS) is 10.6. The first-order valence-electron chi connectivity index (χ1n) is 6.43. The molecule has 8 heteroatoms. The topological polar surface area (TPSA) is 62.8 Å². The average molecular weight is 353 g/mol. The molecule has 5 nitrogen and oxygen atoms in total. The van der Waals surface area contributed by atoms with E-state index >= 15 is 0 Å². The van der Waals surface area contributed by atoms with Gasteiger partial charge >= 0.3 is 0 Å². The number of thioether (sulfide) groups is 1. The Balaban J connectivity index is 1.59. The average Bonchev–Trinajstić information content (AvgIpc) is 3.15. The van der Waals surface area contributed by atoms with Crippen molar-refractivity contribution in [2.75, 3.05) is 12.4 Å². The summed E-state index contributed by atoms with van der Waals surface area (Å²) in [5.41, 5.74) is 0.912. The van der Waals surface area contributed by atoms with Crippen LogP contribution < -0.4 is 10.1 Å². The minimum atomic E-state index is 0.602. The summed E-state index contributed by atoms with van der Waals surface area (Å²) in [5.74, 6) is 2.17. The summed E-state index contributed by atoms with van der Waals surface area (Å²) in [6, 6.07) is 9.50. The molecule has 0 bridgehead atoms. The van der Waals surface area contributed by atoms with Crippen LogP contribution in [0.3, 0.4) is 0 Å². The molecule has 22 heavy (non-hydrogen) atoms. The summed E-state index contributed by atoms with van der Waals surface area (Å²) in [6.07, 6.45) is 0. The highest BCUT2D eigenvalue weighted by molar-refractivity contribution is 7.98. The fourth-order valence-corrected chi connectivity index (χ4v) is 3.83. The number of H-pyrrole nitrogens is 1. The van der Waals surface area contributed by atoms with Gasteiger partial charge in [0.1, 0.15) is 5.75 Å². The van der Waals surface area contributed by atoms with Crippen molar-refractivity contribution in [2.24, 2.45) is 0 Å². The van der Waals surface area contributed by atoms with E-state index in [-0.39, 0.29) is 0 Å². The molecule has 0 saturated carbocycles. The predicted octanol–water partition coefficient (Wildman–Crippen LogP) is 4.56. The van der Waals surface area contributed by atoms with Crippen LogP contribution in [-0.2, 0) is 5.75 Å². The van der Waals surface area contributed by atoms with Crippen LogP contribution in [0.15, 0.2) is 40.9 Å². The number of nitrogens with one attached hydrogen (secondary N) is 2. The second-order valence-corrected chi connectivity index (χ2v) is 6.65. The molecule has 0 aliphatic carbocycles. The van der Waals surface area contributed by atoms with Crippen molar-refractivity contribution in [3.8, 4) is 5.75 Å². The summed E-state index contributed by atoms with van der Waals surface area (Å²) in [4.78, 5) is 5.52. The fourth-order valence-electron chi connectivity index (χ4n) is 1.74. The minimum Gasteiger partial charge on any atom is -0.497 e. The largest absolute Gasteiger partial charge is 0.497 e. The smallest absolute Gasteiger partial charge is 0.223 e. The number of rotatable bonds is 6. The molecule has 1 aromatic carbocycles. The number of methoxy groups -OCH3 is 1. The van der Waals surface area contributed by atoms with Gasteiger partial charge < -0.3 is 10.1 Å². The van der Waals surface area contributed by atoms with Crippen LogP contribution in [0, 0.1) is 0 Å². The van der Waals surface area contributed by atoms with Crippen molar-refractivity contribution in [1.82, 2.24) is 15.2 Å². The van der Waals surface area contributed by atoms with Crippen molar-refractivity contribution in [2.45, 2.75) is 10.9 Å². The van der Waals surface area contributed by atoms with E-state index in [0.29, 0.717) is 11.1 Å². The van der Waals surface area contributed by atoms with E-state index in [1.807, 2.05) is 35.7 Å². The standard InChI is InChI=1S/C14H13ClN4OS2/c1-20-10-4-2-9(3-5-10)16-13-17-14(19-18-13)22-8-12-11(15)6-7-21-12/h2-7H,8H2,1H3,(H2,16,17,18,19). The lowest BCUT2D eigenvalue weighted by atomic mass is 10.3. The molecule has 0 aliphatic rings. The summed E-state index contributed by atoms with van der Waals surface area (Å²) in [7, 11) is 1.64. The number of thiophene rings is 1. The summed E-state index contributed by atoms with van der Waals surface area (Å²) < 4.78 is 5.12. The van der Waals surface area contributed by atoms with Crippen LogP contribution in [-0.4, -0.2) is 22.3 Å². The molecule has 2 heterocycles. The molecule has 2 N–H and O–H groups in total. The number of nitrogens with zero attached hydrogens (tertiary/aromatic N) is 2. The lowest BCUT2D eigenvalue weighted by Crippen LogP contribution is -1.92. The van der Waals surface area contributed by atoms with Gasteiger partial charge in [-0.2, -0.15) is 4.98 Å². The van der Waals surface area contributed by atoms with Gasteiger partial charge in [0.05, 0.1) is 12.1 Å². The third-order valence-corrected chi connectivity index (χ3v) is 5.28. The number of aromatic nitrogens is 3. The Morgan fingerprint density at radius 3 is 2.82 bits per heavy atom. The van der Waals surface area contributed by atoms with Gasteiger partial charge in [0.25, 0.3) is 0 Å². The number of aromatic amines is 1. The molecular formula is C14H13ClN4OS2. The molecule has 0 radical (unpaired) electrons. The van der Waals surface area contributed by atoms with E-state index in [1.165, 1.54) is 0 Å². The van der Waals surface area contributed by atoms with Crippen LogP contribution in [0.4, 0.5) is 11.6 Å². The van der Waals surface area contributed by atoms with Crippen molar-refractivity contribution in [1.29, 1.82) is 0 Å². The monoisotopic (exact) mass is 352 g/mol. The zero-order chi connectivity index (χ0) is 15.4. The summed E-state index contributed by atoms with van der Waals surface area (Å²) in [5, 5.41) is 13.7. The number of hydrogen-bond donors (Lipinski definition) is 2. The highest BCUT2D eigenvalue weighted by Crippen LogP contribution is 2.29. The Bertz CT molecular complexity index is 741. The zero-order valence-electron chi connectivity index (χ0n) is 11.7. The Kier molecular flexibility index (Phi) is 4.87. The van der Waals surface area contributed by atoms with Crippen LogP contribution >= 0.6 is 34.7 Å². The highest BCUT2D eigenvalue weighted by Gasteiger charge is 2.07. The third-order valence-electron chi connectivity index (χ3n) is 2.84. The van der Waals surface area contributed by atoms with Gasteiger partial charge in [0, 0.05) is 16.3 Å². The van der Waals surface area contributed by atoms with Gasteiger partial charge in [0.15, 0.2) is 0 Å². The number of hydrogen-bond acceptors (Lipinski definition) is 6. The first kappa shape index (κ1) is 15.2. The van der Waals surface area contributed by atoms with Gasteiger partial charge in [-0.15, -0.1) is 16.4 Å². The van der Waals surface area contributed by atoms with Crippen LogP contribution in [0.1, 0.15) is 4.88 Å². The number of benzene rings is 1. The second-order valence-electron chi connectivity index (χ2n) is 4.30. The fraction of sp³-hybridized carbons (Fsp3) is 0.143. The zero-order valence-corrected chi connectivity index (χ0v) is 14.1. The van der Waals surface area contributed by atoms with Crippen LogP contribution in [0.25, 0.3) is 0 Å². The van der Waals surface area contributed by atoms with E-state index < -0.39 is 0 Å². The molecule has 3 rings (SSSR count). The number of ether oxygens (including phenoxy) is 1. The predicted molar refractivity (Wildman–Crippen MR) is 91.5 cm³/mol. The Morgan fingerprint density at radius 1 is 1.32 bits per heavy atom. The van der Waals surface area contributed by atoms with Gasteiger partial charge in [-0.1, -0.05) is 23.4 Å². The summed E-state index contributed by atoms with van der Waals surface area (Å²) >= 11 is 9.25. The molecule has 3 aromatic rings. The lowest BCUT2D eigenvalue weighted by molar-refractivity contribution is 0.415. The molecular weight excluding hydrogens is 340 g/mol. The van der Waals surface area contributed by atoms with Gasteiger partial charge in [0.2, 0.25) is 11.1 Å². The SMILES string of the molecule is COc1ccc(Nc2nc(SCc3sccc3Cl)n[nH]2)cc1. The molecule has 2 aromatic heterocycles.